The van der Waals surface area contributed by atoms with Gasteiger partial charge in [-0.25, -0.2) is 0 Å². The average Bonchev–Trinajstić information content (AvgIpc) is 2.82. The van der Waals surface area contributed by atoms with Crippen LogP contribution in [-0.4, -0.2) is 16.9 Å². The highest BCUT2D eigenvalue weighted by molar-refractivity contribution is 7.80. The molecule has 32 heavy (non-hydrogen) atoms. The van der Waals surface area contributed by atoms with E-state index >= 15 is 0 Å². The van der Waals surface area contributed by atoms with Gasteiger partial charge in [0.1, 0.15) is 12.4 Å². The molecule has 0 aliphatic carbocycles. The Morgan fingerprint density at radius 2 is 1.59 bits per heavy atom. The SMILES string of the molecule is Cc1ccc(C=CC(=O)NC(=S)NNC(=O)c2ccc(OCc3ccccc3)cc2)cc1. The van der Waals surface area contributed by atoms with Crippen LogP contribution in [-0.2, 0) is 11.4 Å². The molecule has 0 radical (unpaired) electrons. The van der Waals surface area contributed by atoms with E-state index in [9.17, 15) is 9.59 Å². The summed E-state index contributed by atoms with van der Waals surface area (Å²) in [6.07, 6.45) is 3.05. The summed E-state index contributed by atoms with van der Waals surface area (Å²) in [6, 6.07) is 24.3. The fourth-order valence-electron chi connectivity index (χ4n) is 2.66. The molecule has 0 aliphatic rings. The molecule has 2 amide bonds. The number of nitrogens with one attached hydrogen (secondary N) is 3. The van der Waals surface area contributed by atoms with Crippen molar-refractivity contribution in [1.29, 1.82) is 0 Å². The Kier molecular flexibility index (Phi) is 8.11. The van der Waals surface area contributed by atoms with Crippen LogP contribution in [0.4, 0.5) is 0 Å². The van der Waals surface area contributed by atoms with Gasteiger partial charge in [-0.2, -0.15) is 0 Å². The van der Waals surface area contributed by atoms with Gasteiger partial charge >= 0.3 is 0 Å². The van der Waals surface area contributed by atoms with E-state index in [4.69, 9.17) is 17.0 Å². The predicted octanol–water partition coefficient (Wildman–Crippen LogP) is 3.92. The number of hydrazine groups is 1. The highest BCUT2D eigenvalue weighted by atomic mass is 32.1. The van der Waals surface area contributed by atoms with Crippen LogP contribution in [0.25, 0.3) is 6.08 Å². The van der Waals surface area contributed by atoms with Crippen LogP contribution in [0.3, 0.4) is 0 Å². The average molecular weight is 446 g/mol. The zero-order valence-corrected chi connectivity index (χ0v) is 18.3. The van der Waals surface area contributed by atoms with E-state index in [1.54, 1.807) is 30.3 Å². The first kappa shape index (κ1) is 22.7. The zero-order valence-electron chi connectivity index (χ0n) is 17.5. The number of hydrogen-bond donors (Lipinski definition) is 3. The highest BCUT2D eigenvalue weighted by Crippen LogP contribution is 2.14. The number of hydrogen-bond acceptors (Lipinski definition) is 4. The second kappa shape index (κ2) is 11.4. The maximum absolute atomic E-state index is 12.3. The van der Waals surface area contributed by atoms with Crippen LogP contribution in [0, 0.1) is 6.92 Å². The van der Waals surface area contributed by atoms with E-state index in [2.05, 4.69) is 16.2 Å². The van der Waals surface area contributed by atoms with E-state index in [1.165, 1.54) is 6.08 Å². The van der Waals surface area contributed by atoms with Crippen LogP contribution in [0.2, 0.25) is 0 Å². The fourth-order valence-corrected chi connectivity index (χ4v) is 2.82. The van der Waals surface area contributed by atoms with Gasteiger partial charge in [0, 0.05) is 11.6 Å². The van der Waals surface area contributed by atoms with Gasteiger partial charge in [-0.15, -0.1) is 0 Å². The Hall–Kier alpha value is -3.97. The van der Waals surface area contributed by atoms with E-state index in [1.807, 2.05) is 61.5 Å². The number of thiocarbonyl (C=S) groups is 1. The smallest absolute Gasteiger partial charge is 0.269 e. The molecule has 0 heterocycles. The quantitative estimate of drug-likeness (QED) is 0.304. The first-order valence-electron chi connectivity index (χ1n) is 9.92. The topological polar surface area (TPSA) is 79.5 Å². The number of benzene rings is 3. The highest BCUT2D eigenvalue weighted by Gasteiger charge is 2.07. The molecule has 0 saturated carbocycles. The summed E-state index contributed by atoms with van der Waals surface area (Å²) in [4.78, 5) is 24.2. The van der Waals surface area contributed by atoms with Crippen LogP contribution in [0.1, 0.15) is 27.0 Å². The Morgan fingerprint density at radius 1 is 0.906 bits per heavy atom. The largest absolute Gasteiger partial charge is 0.489 e. The van der Waals surface area contributed by atoms with Crippen molar-refractivity contribution in [1.82, 2.24) is 16.2 Å². The lowest BCUT2D eigenvalue weighted by Crippen LogP contribution is -2.48. The van der Waals surface area contributed by atoms with Crippen molar-refractivity contribution in [3.8, 4) is 5.75 Å². The maximum Gasteiger partial charge on any atom is 0.269 e. The Balaban J connectivity index is 1.41. The molecule has 0 bridgehead atoms. The minimum absolute atomic E-state index is 0.0141. The second-order valence-corrected chi connectivity index (χ2v) is 7.35. The van der Waals surface area contributed by atoms with Gasteiger partial charge in [0.15, 0.2) is 5.11 Å². The van der Waals surface area contributed by atoms with Crippen LogP contribution < -0.4 is 20.9 Å². The zero-order chi connectivity index (χ0) is 22.8. The van der Waals surface area contributed by atoms with Gasteiger partial charge in [0.2, 0.25) is 5.91 Å². The normalized spacial score (nSPS) is 10.4. The minimum Gasteiger partial charge on any atom is -0.489 e. The standard InChI is InChI=1S/C25H23N3O3S/c1-18-7-9-19(10-8-18)11-16-23(29)26-25(32)28-27-24(30)21-12-14-22(15-13-21)31-17-20-5-3-2-4-6-20/h2-16H,17H2,1H3,(H,27,30)(H2,26,28,29,32). The first-order chi connectivity index (χ1) is 15.5. The third-order valence-electron chi connectivity index (χ3n) is 4.40. The molecule has 0 fully saturated rings. The molecule has 0 aromatic heterocycles. The minimum atomic E-state index is -0.405. The molecule has 0 aliphatic heterocycles. The summed E-state index contributed by atoms with van der Waals surface area (Å²) < 4.78 is 5.71. The van der Waals surface area contributed by atoms with Gasteiger partial charge in [0.05, 0.1) is 0 Å². The lowest BCUT2D eigenvalue weighted by molar-refractivity contribution is -0.115. The number of carbonyl (C=O) groups is 2. The van der Waals surface area contributed by atoms with E-state index < -0.39 is 11.8 Å². The summed E-state index contributed by atoms with van der Waals surface area (Å²) in [5.74, 6) is -0.148. The fraction of sp³-hybridized carbons (Fsp3) is 0.0800. The van der Waals surface area contributed by atoms with Crippen LogP contribution in [0.5, 0.6) is 5.75 Å². The molecular weight excluding hydrogens is 422 g/mol. The van der Waals surface area contributed by atoms with Crippen LogP contribution >= 0.6 is 12.2 Å². The second-order valence-electron chi connectivity index (χ2n) is 6.94. The molecule has 3 aromatic rings. The van der Waals surface area contributed by atoms with Gasteiger partial charge in [-0.3, -0.25) is 25.8 Å². The number of ether oxygens (including phenoxy) is 1. The van der Waals surface area contributed by atoms with Crippen molar-refractivity contribution < 1.29 is 14.3 Å². The van der Waals surface area contributed by atoms with Gasteiger partial charge in [0.25, 0.3) is 5.91 Å². The number of rotatable bonds is 6. The number of aryl methyl sites for hydroxylation is 1. The predicted molar refractivity (Wildman–Crippen MR) is 129 cm³/mol. The molecule has 3 rings (SSSR count). The van der Waals surface area contributed by atoms with E-state index in [-0.39, 0.29) is 5.11 Å². The molecule has 0 unspecified atom stereocenters. The lowest BCUT2D eigenvalue weighted by Gasteiger charge is -2.10. The third-order valence-corrected chi connectivity index (χ3v) is 4.60. The van der Waals surface area contributed by atoms with Crippen molar-refractivity contribution in [2.75, 3.05) is 0 Å². The van der Waals surface area contributed by atoms with E-state index in [0.29, 0.717) is 17.9 Å². The first-order valence-corrected chi connectivity index (χ1v) is 10.3. The summed E-state index contributed by atoms with van der Waals surface area (Å²) >= 11 is 5.04. The Morgan fingerprint density at radius 3 is 2.28 bits per heavy atom. The molecule has 0 spiro atoms. The van der Waals surface area contributed by atoms with Gasteiger partial charge in [-0.05, 0) is 60.6 Å². The summed E-state index contributed by atoms with van der Waals surface area (Å²) in [5.41, 5.74) is 8.48. The lowest BCUT2D eigenvalue weighted by atomic mass is 10.1. The summed E-state index contributed by atoms with van der Waals surface area (Å²) in [6.45, 7) is 2.44. The molecule has 0 saturated heterocycles. The van der Waals surface area contributed by atoms with Gasteiger partial charge in [-0.1, -0.05) is 60.2 Å². The molecule has 162 valence electrons. The van der Waals surface area contributed by atoms with Crippen molar-refractivity contribution in [3.05, 3.63) is 107 Å². The van der Waals surface area contributed by atoms with Crippen molar-refractivity contribution in [2.45, 2.75) is 13.5 Å². The summed E-state index contributed by atoms with van der Waals surface area (Å²) in [7, 11) is 0. The molecule has 6 nitrogen and oxygen atoms in total. The van der Waals surface area contributed by atoms with E-state index in [0.717, 1.165) is 16.7 Å². The Labute approximate surface area is 192 Å². The Bertz CT molecular complexity index is 1100. The van der Waals surface area contributed by atoms with Crippen LogP contribution in [0.15, 0.2) is 84.9 Å². The molecule has 0 atom stereocenters. The molecule has 3 aromatic carbocycles. The van der Waals surface area contributed by atoms with Gasteiger partial charge < -0.3 is 4.74 Å². The maximum atomic E-state index is 12.3. The molecule has 7 heteroatoms. The number of carbonyl (C=O) groups excluding carboxylic acids is 2. The monoisotopic (exact) mass is 445 g/mol. The van der Waals surface area contributed by atoms with Crippen molar-refractivity contribution >= 4 is 35.2 Å². The van der Waals surface area contributed by atoms with Crippen molar-refractivity contribution in [2.24, 2.45) is 0 Å². The molecule has 3 N–H and O–H groups in total. The molecular formula is C25H23N3O3S. The van der Waals surface area contributed by atoms with Crippen molar-refractivity contribution in [3.63, 3.8) is 0 Å². The summed E-state index contributed by atoms with van der Waals surface area (Å²) in [5, 5.41) is 2.46. The number of amides is 2. The third kappa shape index (κ3) is 7.37.